The fourth-order valence-corrected chi connectivity index (χ4v) is 2.27. The third-order valence-corrected chi connectivity index (χ3v) is 3.30. The van der Waals surface area contributed by atoms with E-state index in [1.165, 1.54) is 0 Å². The second-order valence-corrected chi connectivity index (χ2v) is 5.00. The maximum atomic E-state index is 11.4. The summed E-state index contributed by atoms with van der Waals surface area (Å²) in [5.41, 5.74) is 1.15. The zero-order chi connectivity index (χ0) is 13.5. The third kappa shape index (κ3) is 4.67. The molecule has 1 N–H and O–H groups in total. The Kier molecular flexibility index (Phi) is 5.51. The van der Waals surface area contributed by atoms with Gasteiger partial charge in [-0.15, -0.1) is 0 Å². The molecule has 98 valence electrons. The van der Waals surface area contributed by atoms with Gasteiger partial charge in [-0.1, -0.05) is 12.1 Å². The summed E-state index contributed by atoms with van der Waals surface area (Å²) in [6.45, 7) is 2.03. The van der Waals surface area contributed by atoms with Crippen molar-refractivity contribution in [2.75, 3.05) is 12.4 Å². The second kappa shape index (κ2) is 6.90. The van der Waals surface area contributed by atoms with Crippen LogP contribution in [0.15, 0.2) is 24.3 Å². The maximum absolute atomic E-state index is 11.4. The molecule has 1 atom stereocenters. The standard InChI is InChI=1S/C12H14O5S/c1-2-17-12(15)10-5-3-9(4-6-10)7-18(16)8-11(13)14/h3-6H,2,7-8H2,1H3,(H,13,14). The lowest BCUT2D eigenvalue weighted by Gasteiger charge is -2.03. The molecular weight excluding hydrogens is 256 g/mol. The summed E-state index contributed by atoms with van der Waals surface area (Å²) in [5.74, 6) is -1.71. The summed E-state index contributed by atoms with van der Waals surface area (Å²) < 4.78 is 16.2. The van der Waals surface area contributed by atoms with Crippen molar-refractivity contribution in [2.45, 2.75) is 12.7 Å². The lowest BCUT2D eigenvalue weighted by molar-refractivity contribution is -0.133. The van der Waals surface area contributed by atoms with Crippen LogP contribution in [0, 0.1) is 0 Å². The number of carboxylic acids is 1. The van der Waals surface area contributed by atoms with Gasteiger partial charge in [-0.3, -0.25) is 9.00 Å². The molecule has 0 aliphatic rings. The molecule has 0 radical (unpaired) electrons. The Morgan fingerprint density at radius 2 is 1.89 bits per heavy atom. The normalized spacial score (nSPS) is 11.8. The first-order valence-corrected chi connectivity index (χ1v) is 6.84. The van der Waals surface area contributed by atoms with Gasteiger partial charge in [0.2, 0.25) is 0 Å². The van der Waals surface area contributed by atoms with E-state index in [0.29, 0.717) is 12.2 Å². The SMILES string of the molecule is CCOC(=O)c1ccc(CS(=O)CC(=O)O)cc1. The van der Waals surface area contributed by atoms with Crippen molar-refractivity contribution >= 4 is 22.7 Å². The highest BCUT2D eigenvalue weighted by Gasteiger charge is 2.09. The van der Waals surface area contributed by atoms with E-state index in [1.54, 1.807) is 31.2 Å². The Labute approximate surface area is 107 Å². The number of hydrogen-bond acceptors (Lipinski definition) is 4. The summed E-state index contributed by atoms with van der Waals surface area (Å²) in [4.78, 5) is 21.7. The number of carboxylic acid groups (broad SMARTS) is 1. The summed E-state index contributed by atoms with van der Waals surface area (Å²) in [7, 11) is -1.44. The zero-order valence-electron chi connectivity index (χ0n) is 9.92. The number of rotatable bonds is 6. The van der Waals surface area contributed by atoms with Gasteiger partial charge in [0.1, 0.15) is 5.75 Å². The van der Waals surface area contributed by atoms with Crippen molar-refractivity contribution < 1.29 is 23.6 Å². The Morgan fingerprint density at radius 3 is 2.39 bits per heavy atom. The van der Waals surface area contributed by atoms with Crippen LogP contribution >= 0.6 is 0 Å². The van der Waals surface area contributed by atoms with Gasteiger partial charge in [0.25, 0.3) is 0 Å². The van der Waals surface area contributed by atoms with E-state index < -0.39 is 22.7 Å². The Bertz CT molecular complexity index is 452. The molecule has 0 saturated carbocycles. The average Bonchev–Trinajstić information content (AvgIpc) is 2.29. The van der Waals surface area contributed by atoms with Gasteiger partial charge in [0, 0.05) is 16.6 Å². The van der Waals surface area contributed by atoms with E-state index in [1.807, 2.05) is 0 Å². The summed E-state index contributed by atoms with van der Waals surface area (Å²) >= 11 is 0. The predicted molar refractivity (Wildman–Crippen MR) is 66.7 cm³/mol. The molecule has 1 unspecified atom stereocenters. The van der Waals surface area contributed by atoms with Gasteiger partial charge in [-0.25, -0.2) is 4.79 Å². The number of hydrogen-bond donors (Lipinski definition) is 1. The summed E-state index contributed by atoms with van der Waals surface area (Å²) in [6, 6.07) is 6.44. The molecule has 5 nitrogen and oxygen atoms in total. The van der Waals surface area contributed by atoms with Crippen LogP contribution in [0.3, 0.4) is 0 Å². The van der Waals surface area contributed by atoms with E-state index in [-0.39, 0.29) is 11.5 Å². The number of ether oxygens (including phenoxy) is 1. The Hall–Kier alpha value is -1.69. The predicted octanol–water partition coefficient (Wildman–Crippen LogP) is 1.20. The smallest absolute Gasteiger partial charge is 0.338 e. The zero-order valence-corrected chi connectivity index (χ0v) is 10.7. The van der Waals surface area contributed by atoms with Crippen molar-refractivity contribution in [3.05, 3.63) is 35.4 Å². The average molecular weight is 270 g/mol. The largest absolute Gasteiger partial charge is 0.481 e. The molecule has 0 aromatic heterocycles. The van der Waals surface area contributed by atoms with Crippen LogP contribution < -0.4 is 0 Å². The molecule has 0 aliphatic heterocycles. The number of esters is 1. The third-order valence-electron chi connectivity index (χ3n) is 2.08. The fourth-order valence-electron chi connectivity index (χ4n) is 1.33. The highest BCUT2D eigenvalue weighted by atomic mass is 32.2. The first kappa shape index (κ1) is 14.4. The minimum atomic E-state index is -1.44. The van der Waals surface area contributed by atoms with Gasteiger partial charge in [0.15, 0.2) is 0 Å². The highest BCUT2D eigenvalue weighted by Crippen LogP contribution is 2.08. The lowest BCUT2D eigenvalue weighted by atomic mass is 10.1. The van der Waals surface area contributed by atoms with Crippen LogP contribution in [0.5, 0.6) is 0 Å². The molecule has 6 heteroatoms. The molecule has 0 saturated heterocycles. The molecule has 0 bridgehead atoms. The number of carbonyl (C=O) groups is 2. The van der Waals surface area contributed by atoms with Crippen LogP contribution in [-0.2, 0) is 26.1 Å². The first-order valence-electron chi connectivity index (χ1n) is 5.35. The second-order valence-electron chi connectivity index (χ2n) is 3.54. The van der Waals surface area contributed by atoms with Crippen molar-refractivity contribution in [1.29, 1.82) is 0 Å². The van der Waals surface area contributed by atoms with Crippen LogP contribution in [0.4, 0.5) is 0 Å². The van der Waals surface area contributed by atoms with Crippen molar-refractivity contribution in [3.63, 3.8) is 0 Å². The molecular formula is C12H14O5S. The summed E-state index contributed by atoms with van der Waals surface area (Å²) in [5, 5.41) is 8.48. The fraction of sp³-hybridized carbons (Fsp3) is 0.333. The molecule has 0 aliphatic carbocycles. The van der Waals surface area contributed by atoms with Gasteiger partial charge in [-0.05, 0) is 24.6 Å². The van der Waals surface area contributed by atoms with Crippen LogP contribution in [0.1, 0.15) is 22.8 Å². The Balaban J connectivity index is 2.63. The van der Waals surface area contributed by atoms with E-state index in [0.717, 1.165) is 5.56 Å². The van der Waals surface area contributed by atoms with E-state index in [4.69, 9.17) is 9.84 Å². The van der Waals surface area contributed by atoms with Crippen LogP contribution in [0.25, 0.3) is 0 Å². The van der Waals surface area contributed by atoms with Gasteiger partial charge in [0.05, 0.1) is 12.2 Å². The summed E-state index contributed by atoms with van der Waals surface area (Å²) in [6.07, 6.45) is 0. The Morgan fingerprint density at radius 1 is 1.28 bits per heavy atom. The highest BCUT2D eigenvalue weighted by molar-refractivity contribution is 7.84. The quantitative estimate of drug-likeness (QED) is 0.785. The van der Waals surface area contributed by atoms with Crippen LogP contribution in [-0.4, -0.2) is 33.6 Å². The van der Waals surface area contributed by atoms with Crippen molar-refractivity contribution in [2.24, 2.45) is 0 Å². The van der Waals surface area contributed by atoms with Crippen molar-refractivity contribution in [1.82, 2.24) is 0 Å². The monoisotopic (exact) mass is 270 g/mol. The number of aliphatic carboxylic acids is 1. The van der Waals surface area contributed by atoms with Crippen LogP contribution in [0.2, 0.25) is 0 Å². The van der Waals surface area contributed by atoms with Gasteiger partial charge >= 0.3 is 11.9 Å². The number of carbonyl (C=O) groups excluding carboxylic acids is 1. The minimum Gasteiger partial charge on any atom is -0.481 e. The molecule has 18 heavy (non-hydrogen) atoms. The van der Waals surface area contributed by atoms with E-state index in [9.17, 15) is 13.8 Å². The first-order chi connectivity index (χ1) is 8.52. The molecule has 1 aromatic rings. The van der Waals surface area contributed by atoms with Crippen molar-refractivity contribution in [3.8, 4) is 0 Å². The molecule has 0 heterocycles. The van der Waals surface area contributed by atoms with Gasteiger partial charge in [-0.2, -0.15) is 0 Å². The van der Waals surface area contributed by atoms with Gasteiger partial charge < -0.3 is 9.84 Å². The maximum Gasteiger partial charge on any atom is 0.338 e. The topological polar surface area (TPSA) is 80.7 Å². The molecule has 0 spiro atoms. The minimum absolute atomic E-state index is 0.162. The van der Waals surface area contributed by atoms with E-state index >= 15 is 0 Å². The molecule has 0 fully saturated rings. The number of benzene rings is 1. The molecule has 1 rings (SSSR count). The van der Waals surface area contributed by atoms with E-state index in [2.05, 4.69) is 0 Å². The molecule has 0 amide bonds. The lowest BCUT2D eigenvalue weighted by Crippen LogP contribution is -2.11. The molecule has 1 aromatic carbocycles.